The van der Waals surface area contributed by atoms with Crippen molar-refractivity contribution in [3.05, 3.63) is 11.6 Å². The summed E-state index contributed by atoms with van der Waals surface area (Å²) < 4.78 is 59.8. The zero-order valence-corrected chi connectivity index (χ0v) is 18.1. The summed E-state index contributed by atoms with van der Waals surface area (Å²) in [6, 6.07) is 1.21. The Kier molecular flexibility index (Phi) is 8.22. The van der Waals surface area contributed by atoms with Crippen LogP contribution in [0.3, 0.4) is 0 Å². The molecule has 1 aromatic rings. The Balaban J connectivity index is 2.20. The molecule has 11 heteroatoms. The van der Waals surface area contributed by atoms with Crippen molar-refractivity contribution in [2.24, 2.45) is 5.14 Å². The van der Waals surface area contributed by atoms with Crippen LogP contribution in [0.2, 0.25) is 0 Å². The number of hydrogen-bond acceptors (Lipinski definition) is 8. The summed E-state index contributed by atoms with van der Waals surface area (Å²) in [6.07, 6.45) is 2.37. The van der Waals surface area contributed by atoms with Gasteiger partial charge in [-0.25, -0.2) is 22.0 Å². The molecule has 0 spiro atoms. The number of hydrogen-bond donors (Lipinski definition) is 2. The molecule has 8 nitrogen and oxygen atoms in total. The molecule has 1 aliphatic heterocycles. The molecule has 0 radical (unpaired) electrons. The molecule has 0 bridgehead atoms. The average molecular weight is 441 g/mol. The van der Waals surface area contributed by atoms with Gasteiger partial charge in [0.25, 0.3) is 0 Å². The lowest BCUT2D eigenvalue weighted by Gasteiger charge is -2.30. The number of rotatable bonds is 11. The second-order valence-corrected chi connectivity index (χ2v) is 11.8. The summed E-state index contributed by atoms with van der Waals surface area (Å²) in [5, 5.41) is 7.98. The van der Waals surface area contributed by atoms with Gasteiger partial charge in [-0.2, -0.15) is 0 Å². The van der Waals surface area contributed by atoms with Gasteiger partial charge in [0.05, 0.1) is 18.5 Å². The van der Waals surface area contributed by atoms with E-state index in [1.54, 1.807) is 7.11 Å². The number of nitrogens with one attached hydrogen (secondary N) is 1. The Bertz CT molecular complexity index is 819. The van der Waals surface area contributed by atoms with Crippen molar-refractivity contribution in [1.29, 1.82) is 0 Å². The van der Waals surface area contributed by atoms with Gasteiger partial charge in [0.2, 0.25) is 10.0 Å². The topological polar surface area (TPSA) is 125 Å². The van der Waals surface area contributed by atoms with Crippen LogP contribution in [0.1, 0.15) is 44.2 Å². The molecule has 0 fully saturated rings. The normalized spacial score (nSPS) is 21.9. The highest BCUT2D eigenvalue weighted by Gasteiger charge is 2.41. The van der Waals surface area contributed by atoms with E-state index in [9.17, 15) is 16.8 Å². The first-order chi connectivity index (χ1) is 12.7. The van der Waals surface area contributed by atoms with E-state index in [2.05, 4.69) is 5.32 Å². The lowest BCUT2D eigenvalue weighted by atomic mass is 10.0. The Hall–Kier alpha value is -0.560. The highest BCUT2D eigenvalue weighted by Crippen LogP contribution is 2.43. The molecule has 0 saturated carbocycles. The molecule has 156 valence electrons. The number of fused-ring (bicyclic) bond motifs is 1. The zero-order valence-electron chi connectivity index (χ0n) is 15.6. The molecule has 0 aromatic carbocycles. The zero-order chi connectivity index (χ0) is 20.1. The third-order valence-corrected chi connectivity index (χ3v) is 9.81. The van der Waals surface area contributed by atoms with Crippen LogP contribution in [0.15, 0.2) is 14.5 Å². The molecule has 2 rings (SSSR count). The number of ether oxygens (including phenoxy) is 2. The molecule has 1 aromatic heterocycles. The minimum Gasteiger partial charge on any atom is -0.382 e. The van der Waals surface area contributed by atoms with Gasteiger partial charge in [0, 0.05) is 25.3 Å². The van der Waals surface area contributed by atoms with Gasteiger partial charge in [0.15, 0.2) is 9.84 Å². The fourth-order valence-electron chi connectivity index (χ4n) is 3.08. The lowest BCUT2D eigenvalue weighted by Crippen LogP contribution is -2.35. The Morgan fingerprint density at radius 2 is 2.07 bits per heavy atom. The molecule has 2 heterocycles. The van der Waals surface area contributed by atoms with Gasteiger partial charge in [-0.3, -0.25) is 0 Å². The predicted octanol–water partition coefficient (Wildman–Crippen LogP) is 1.43. The van der Waals surface area contributed by atoms with Crippen molar-refractivity contribution in [1.82, 2.24) is 5.32 Å². The highest BCUT2D eigenvalue weighted by atomic mass is 32.3. The first-order valence-electron chi connectivity index (χ1n) is 8.92. The van der Waals surface area contributed by atoms with Crippen LogP contribution in [-0.4, -0.2) is 55.6 Å². The van der Waals surface area contributed by atoms with E-state index in [0.29, 0.717) is 44.6 Å². The van der Waals surface area contributed by atoms with Crippen LogP contribution in [0.5, 0.6) is 0 Å². The Labute approximate surface area is 165 Å². The smallest absolute Gasteiger partial charge is 0.247 e. The fraction of sp³-hybridized carbons (Fsp3) is 0.750. The molecule has 27 heavy (non-hydrogen) atoms. The standard InChI is InChI=1S/C16H28N2O6S3/c1-3-6-18-14-10-12(5-4-7-24-9-8-23-2)26(19,20)16-13(14)11-15(25-16)27(17,21)22/h11-12,14,18H,3-10H2,1-2H3,(H2,17,21,22). The molecular formula is C16H28N2O6S3. The number of sulfonamides is 1. The first-order valence-corrected chi connectivity index (χ1v) is 12.8. The van der Waals surface area contributed by atoms with E-state index in [1.807, 2.05) is 6.92 Å². The number of sulfone groups is 1. The molecule has 0 saturated heterocycles. The maximum atomic E-state index is 13.0. The van der Waals surface area contributed by atoms with Gasteiger partial charge >= 0.3 is 0 Å². The second kappa shape index (κ2) is 9.77. The summed E-state index contributed by atoms with van der Waals surface area (Å²) in [4.78, 5) is 0. The third kappa shape index (κ3) is 5.72. The maximum absolute atomic E-state index is 13.0. The molecule has 2 atom stereocenters. The van der Waals surface area contributed by atoms with Crippen LogP contribution < -0.4 is 10.5 Å². The SMILES string of the molecule is CCCNC1CC(CCCOCCOC)S(=O)(=O)c2sc(S(N)(=O)=O)cc21. The van der Waals surface area contributed by atoms with Crippen molar-refractivity contribution in [3.8, 4) is 0 Å². The third-order valence-electron chi connectivity index (χ3n) is 4.44. The second-order valence-electron chi connectivity index (χ2n) is 6.51. The van der Waals surface area contributed by atoms with Crippen LogP contribution >= 0.6 is 11.3 Å². The Morgan fingerprint density at radius 3 is 2.70 bits per heavy atom. The summed E-state index contributed by atoms with van der Waals surface area (Å²) in [5.74, 6) is 0. The summed E-state index contributed by atoms with van der Waals surface area (Å²) >= 11 is 0.752. The minimum absolute atomic E-state index is 0.108. The van der Waals surface area contributed by atoms with Gasteiger partial charge in [-0.05, 0) is 38.3 Å². The minimum atomic E-state index is -3.94. The average Bonchev–Trinajstić information content (AvgIpc) is 3.06. The van der Waals surface area contributed by atoms with E-state index in [4.69, 9.17) is 14.6 Å². The summed E-state index contributed by atoms with van der Waals surface area (Å²) in [6.45, 7) is 4.17. The number of methoxy groups -OCH3 is 1. The molecule has 1 aliphatic rings. The number of nitrogens with two attached hydrogens (primary N) is 1. The van der Waals surface area contributed by atoms with Crippen molar-refractivity contribution >= 4 is 31.2 Å². The van der Waals surface area contributed by atoms with Crippen LogP contribution in [0, 0.1) is 0 Å². The molecular weight excluding hydrogens is 412 g/mol. The first kappa shape index (κ1) is 22.7. The molecule has 0 amide bonds. The van der Waals surface area contributed by atoms with E-state index in [-0.39, 0.29) is 14.5 Å². The van der Waals surface area contributed by atoms with Crippen molar-refractivity contribution in [3.63, 3.8) is 0 Å². The van der Waals surface area contributed by atoms with Crippen molar-refractivity contribution in [2.75, 3.05) is 33.5 Å². The molecule has 2 unspecified atom stereocenters. The Morgan fingerprint density at radius 1 is 1.33 bits per heavy atom. The van der Waals surface area contributed by atoms with Gasteiger partial charge in [0.1, 0.15) is 8.42 Å². The maximum Gasteiger partial charge on any atom is 0.247 e. The largest absolute Gasteiger partial charge is 0.382 e. The summed E-state index contributed by atoms with van der Waals surface area (Å²) in [5.41, 5.74) is 0.519. The van der Waals surface area contributed by atoms with E-state index in [1.165, 1.54) is 6.07 Å². The van der Waals surface area contributed by atoms with Crippen LogP contribution in [0.4, 0.5) is 0 Å². The van der Waals surface area contributed by atoms with Crippen molar-refractivity contribution in [2.45, 2.75) is 52.3 Å². The predicted molar refractivity (Wildman–Crippen MR) is 104 cm³/mol. The van der Waals surface area contributed by atoms with Crippen LogP contribution in [-0.2, 0) is 29.3 Å². The molecule has 3 N–H and O–H groups in total. The van der Waals surface area contributed by atoms with Gasteiger partial charge in [-0.1, -0.05) is 6.92 Å². The molecule has 0 aliphatic carbocycles. The monoisotopic (exact) mass is 440 g/mol. The number of primary sulfonamides is 1. The highest BCUT2D eigenvalue weighted by molar-refractivity contribution is 7.95. The van der Waals surface area contributed by atoms with E-state index < -0.39 is 25.1 Å². The van der Waals surface area contributed by atoms with Gasteiger partial charge < -0.3 is 14.8 Å². The van der Waals surface area contributed by atoms with Crippen molar-refractivity contribution < 1.29 is 26.3 Å². The lowest BCUT2D eigenvalue weighted by molar-refractivity contribution is 0.0685. The number of thiophene rings is 1. The van der Waals surface area contributed by atoms with Crippen LogP contribution in [0.25, 0.3) is 0 Å². The van der Waals surface area contributed by atoms with Gasteiger partial charge in [-0.15, -0.1) is 11.3 Å². The van der Waals surface area contributed by atoms with E-state index >= 15 is 0 Å². The summed E-state index contributed by atoms with van der Waals surface area (Å²) in [7, 11) is -5.95. The van der Waals surface area contributed by atoms with E-state index in [0.717, 1.165) is 24.3 Å². The quantitative estimate of drug-likeness (QED) is 0.499. The fourth-order valence-corrected chi connectivity index (χ4v) is 7.83.